The number of benzene rings is 3. The molecule has 0 aliphatic carbocycles. The summed E-state index contributed by atoms with van der Waals surface area (Å²) >= 11 is 6.66. The maximum absolute atomic E-state index is 13.0. The fraction of sp³-hybridized carbons (Fsp3) is 0.308. The summed E-state index contributed by atoms with van der Waals surface area (Å²) in [6.45, 7) is 4.47. The molecular weight excluding hydrogens is 762 g/mol. The van der Waals surface area contributed by atoms with Crippen LogP contribution in [-0.4, -0.2) is 65.8 Å². The van der Waals surface area contributed by atoms with Gasteiger partial charge in [-0.1, -0.05) is 49.7 Å². The molecular formula is C39H38ClN7O8S. The quantitative estimate of drug-likeness (QED) is 0.155. The number of aromatic nitrogens is 2. The molecule has 1 aromatic heterocycles. The number of carbonyl (C=O) groups excluding carboxylic acids is 4. The lowest BCUT2D eigenvalue weighted by Gasteiger charge is -2.29. The van der Waals surface area contributed by atoms with Crippen molar-refractivity contribution in [3.05, 3.63) is 111 Å². The molecule has 0 saturated carbocycles. The highest BCUT2D eigenvalue weighted by molar-refractivity contribution is 7.92. The predicted molar refractivity (Wildman–Crippen MR) is 204 cm³/mol. The number of hydrogen-bond acceptors (Lipinski definition) is 11. The van der Waals surface area contributed by atoms with Crippen molar-refractivity contribution in [2.75, 3.05) is 17.6 Å². The Morgan fingerprint density at radius 1 is 1.07 bits per heavy atom. The number of amides is 4. The van der Waals surface area contributed by atoms with Crippen molar-refractivity contribution >= 4 is 51.2 Å². The van der Waals surface area contributed by atoms with Crippen LogP contribution in [-0.2, 0) is 49.5 Å². The van der Waals surface area contributed by atoms with Gasteiger partial charge in [0.1, 0.15) is 24.5 Å². The van der Waals surface area contributed by atoms with E-state index >= 15 is 0 Å². The van der Waals surface area contributed by atoms with E-state index in [1.54, 1.807) is 42.5 Å². The van der Waals surface area contributed by atoms with Gasteiger partial charge in [-0.15, -0.1) is 0 Å². The van der Waals surface area contributed by atoms with E-state index in [9.17, 15) is 32.9 Å². The number of piperidine rings is 1. The maximum atomic E-state index is 13.0. The maximum Gasteiger partial charge on any atom is 0.255 e. The molecule has 3 aromatic carbocycles. The van der Waals surface area contributed by atoms with Gasteiger partial charge in [-0.25, -0.2) is 18.4 Å². The van der Waals surface area contributed by atoms with Gasteiger partial charge in [-0.2, -0.15) is 5.26 Å². The average Bonchev–Trinajstić information content (AvgIpc) is 3.47. The van der Waals surface area contributed by atoms with Gasteiger partial charge in [-0.3, -0.25) is 29.2 Å². The molecule has 56 heavy (non-hydrogen) atoms. The molecule has 17 heteroatoms. The summed E-state index contributed by atoms with van der Waals surface area (Å²) in [6.07, 6.45) is 2.89. The van der Waals surface area contributed by atoms with Crippen molar-refractivity contribution in [2.24, 2.45) is 0 Å². The second-order valence-corrected chi connectivity index (χ2v) is 16.1. The van der Waals surface area contributed by atoms with E-state index in [0.29, 0.717) is 17.0 Å². The van der Waals surface area contributed by atoms with Crippen LogP contribution in [0.15, 0.2) is 66.9 Å². The number of fused-ring (bicyclic) bond motifs is 1. The number of nitrogens with one attached hydrogen (secondary N) is 3. The van der Waals surface area contributed by atoms with Crippen LogP contribution in [0, 0.1) is 11.3 Å². The number of halogens is 1. The third-order valence-corrected chi connectivity index (χ3v) is 10.3. The molecule has 15 nitrogen and oxygen atoms in total. The molecule has 0 bridgehead atoms. The van der Waals surface area contributed by atoms with Crippen LogP contribution in [0.2, 0.25) is 5.02 Å². The second kappa shape index (κ2) is 16.4. The second-order valence-electron chi connectivity index (χ2n) is 13.9. The summed E-state index contributed by atoms with van der Waals surface area (Å²) in [5, 5.41) is 15.4. The topological polar surface area (TPSA) is 210 Å². The number of imide groups is 1. The first-order chi connectivity index (χ1) is 26.6. The van der Waals surface area contributed by atoms with E-state index in [-0.39, 0.29) is 85.6 Å². The highest BCUT2D eigenvalue weighted by Gasteiger charge is 2.39. The number of sulfonamides is 1. The lowest BCUT2D eigenvalue weighted by atomic mass is 9.77. The van der Waals surface area contributed by atoms with Gasteiger partial charge in [0.05, 0.1) is 35.6 Å². The first kappa shape index (κ1) is 39.6. The molecule has 2 aliphatic heterocycles. The van der Waals surface area contributed by atoms with E-state index in [2.05, 4.69) is 31.4 Å². The van der Waals surface area contributed by atoms with Crippen LogP contribution in [0.5, 0.6) is 11.5 Å². The van der Waals surface area contributed by atoms with E-state index in [1.165, 1.54) is 11.1 Å². The van der Waals surface area contributed by atoms with Crippen molar-refractivity contribution in [3.8, 4) is 17.6 Å². The molecule has 4 aromatic rings. The molecule has 2 aliphatic rings. The van der Waals surface area contributed by atoms with Gasteiger partial charge in [0.25, 0.3) is 5.91 Å². The Labute approximate surface area is 328 Å². The molecule has 6 rings (SSSR count). The molecule has 0 radical (unpaired) electrons. The van der Waals surface area contributed by atoms with Crippen molar-refractivity contribution in [2.45, 2.75) is 64.3 Å². The molecule has 3 heterocycles. The van der Waals surface area contributed by atoms with Gasteiger partial charge in [-0.05, 0) is 65.1 Å². The standard InChI is InChI=1S/C39H38ClN7O8S/c1-39(2,26-5-7-29(8-6-26)55-22-28-12-14-42-38(44-28)46-56(3,52)53)27-17-24(19-41)35(31(40)18-27)54-15-13-33(48)43-20-23-4-9-30-25(16-23)21-47(37(30)51)32-10-11-34(49)45-36(32)50/h4-9,12,14,16-18,32H,10-11,13,15,20-22H2,1-3H3,(H,43,48)(H,42,44,46)(H,45,49,50). The minimum absolute atomic E-state index is 0.00843. The van der Waals surface area contributed by atoms with Gasteiger partial charge >= 0.3 is 0 Å². The fourth-order valence-electron chi connectivity index (χ4n) is 6.44. The minimum Gasteiger partial charge on any atom is -0.490 e. The molecule has 290 valence electrons. The third-order valence-electron chi connectivity index (χ3n) is 9.49. The van der Waals surface area contributed by atoms with Crippen LogP contribution in [0.1, 0.15) is 77.0 Å². The zero-order valence-corrected chi connectivity index (χ0v) is 32.3. The summed E-state index contributed by atoms with van der Waals surface area (Å²) in [6, 6.07) is 19.1. The van der Waals surface area contributed by atoms with Crippen LogP contribution in [0.3, 0.4) is 0 Å². The van der Waals surface area contributed by atoms with Crippen LogP contribution in [0.25, 0.3) is 0 Å². The highest BCUT2D eigenvalue weighted by atomic mass is 35.5. The first-order valence-corrected chi connectivity index (χ1v) is 19.8. The van der Waals surface area contributed by atoms with Gasteiger partial charge in [0, 0.05) is 36.7 Å². The molecule has 1 fully saturated rings. The van der Waals surface area contributed by atoms with E-state index < -0.39 is 27.4 Å². The van der Waals surface area contributed by atoms with Crippen molar-refractivity contribution in [1.29, 1.82) is 5.26 Å². The monoisotopic (exact) mass is 799 g/mol. The minimum atomic E-state index is -3.52. The number of anilines is 1. The number of nitriles is 1. The largest absolute Gasteiger partial charge is 0.490 e. The highest BCUT2D eigenvalue weighted by Crippen LogP contribution is 2.39. The van der Waals surface area contributed by atoms with Crippen LogP contribution < -0.4 is 24.8 Å². The molecule has 1 atom stereocenters. The van der Waals surface area contributed by atoms with Crippen molar-refractivity contribution in [3.63, 3.8) is 0 Å². The smallest absolute Gasteiger partial charge is 0.255 e. The summed E-state index contributed by atoms with van der Waals surface area (Å²) < 4.78 is 36.9. The normalized spacial score (nSPS) is 15.4. The number of carbonyl (C=O) groups is 4. The first-order valence-electron chi connectivity index (χ1n) is 17.5. The van der Waals surface area contributed by atoms with E-state index in [4.69, 9.17) is 21.1 Å². The molecule has 3 N–H and O–H groups in total. The third kappa shape index (κ3) is 9.24. The Morgan fingerprint density at radius 2 is 1.84 bits per heavy atom. The SMILES string of the molecule is CC(C)(c1ccc(OCc2ccnc(NS(C)(=O)=O)n2)cc1)c1cc(Cl)c(OCCC(=O)NCc2ccc3c(c2)CN(C2CCC(=O)NC2=O)C3=O)c(C#N)c1. The van der Waals surface area contributed by atoms with Crippen molar-refractivity contribution in [1.82, 2.24) is 25.5 Å². The summed E-state index contributed by atoms with van der Waals surface area (Å²) in [7, 11) is -3.52. The average molecular weight is 800 g/mol. The molecule has 1 saturated heterocycles. The van der Waals surface area contributed by atoms with Gasteiger partial charge in [0.2, 0.25) is 33.7 Å². The lowest BCUT2D eigenvalue weighted by molar-refractivity contribution is -0.137. The van der Waals surface area contributed by atoms with Gasteiger partial charge < -0.3 is 19.7 Å². The zero-order valence-electron chi connectivity index (χ0n) is 30.7. The Hall–Kier alpha value is -6.05. The Balaban J connectivity index is 1.01. The number of rotatable bonds is 14. The van der Waals surface area contributed by atoms with E-state index in [0.717, 1.165) is 28.5 Å². The Morgan fingerprint density at radius 3 is 2.55 bits per heavy atom. The number of nitrogens with zero attached hydrogens (tertiary/aromatic N) is 4. The van der Waals surface area contributed by atoms with Crippen molar-refractivity contribution < 1.29 is 37.1 Å². The zero-order chi connectivity index (χ0) is 40.2. The molecule has 4 amide bonds. The predicted octanol–water partition coefficient (Wildman–Crippen LogP) is 4.12. The summed E-state index contributed by atoms with van der Waals surface area (Å²) in [5.74, 6) is -0.695. The molecule has 1 unspecified atom stereocenters. The molecule has 0 spiro atoms. The summed E-state index contributed by atoms with van der Waals surface area (Å²) in [4.78, 5) is 59.1. The van der Waals surface area contributed by atoms with Crippen LogP contribution >= 0.6 is 11.6 Å². The number of hydrogen-bond donors (Lipinski definition) is 3. The number of ether oxygens (including phenoxy) is 2. The summed E-state index contributed by atoms with van der Waals surface area (Å²) in [5.41, 5.74) is 3.79. The Kier molecular flexibility index (Phi) is 11.6. The van der Waals surface area contributed by atoms with Crippen LogP contribution in [0.4, 0.5) is 5.95 Å². The van der Waals surface area contributed by atoms with E-state index in [1.807, 2.05) is 32.0 Å². The fourth-order valence-corrected chi connectivity index (χ4v) is 7.14. The van der Waals surface area contributed by atoms with Gasteiger partial charge in [0.15, 0.2) is 5.75 Å². The Bertz CT molecular complexity index is 2360. The lowest BCUT2D eigenvalue weighted by Crippen LogP contribution is -2.52.